The molecule has 0 unspecified atom stereocenters. The quantitative estimate of drug-likeness (QED) is 0.742. The molecule has 1 N–H and O–H groups in total. The van der Waals surface area contributed by atoms with Gasteiger partial charge in [-0.1, -0.05) is 25.1 Å². The smallest absolute Gasteiger partial charge is 0.261 e. The Balaban J connectivity index is 2.19. The molecule has 0 aliphatic rings. The molecule has 0 radical (unpaired) electrons. The standard InChI is InChI=1S/C18H23NO4S/c1-4-15-7-5-6-14(2)18(15)19-24(20,21)17-10-8-16(9-11-17)23-13-12-22-3/h5-11,19H,4,12-13H2,1-3H3. The highest BCUT2D eigenvalue weighted by Gasteiger charge is 2.17. The van der Waals surface area contributed by atoms with Crippen molar-refractivity contribution in [2.24, 2.45) is 0 Å². The lowest BCUT2D eigenvalue weighted by atomic mass is 10.1. The first-order chi connectivity index (χ1) is 11.5. The molecule has 0 amide bonds. The minimum atomic E-state index is -3.64. The van der Waals surface area contributed by atoms with Crippen molar-refractivity contribution in [2.45, 2.75) is 25.2 Å². The van der Waals surface area contributed by atoms with Gasteiger partial charge in [0.1, 0.15) is 12.4 Å². The van der Waals surface area contributed by atoms with Crippen LogP contribution in [0, 0.1) is 6.92 Å². The first-order valence-corrected chi connectivity index (χ1v) is 9.29. The second kappa shape index (κ2) is 8.17. The molecule has 2 rings (SSSR count). The number of benzene rings is 2. The molecule has 0 saturated heterocycles. The van der Waals surface area contributed by atoms with Crippen molar-refractivity contribution in [3.63, 3.8) is 0 Å². The third kappa shape index (κ3) is 4.49. The van der Waals surface area contributed by atoms with Crippen LogP contribution in [0.4, 0.5) is 5.69 Å². The molecule has 2 aromatic carbocycles. The molecule has 0 saturated carbocycles. The fraction of sp³-hybridized carbons (Fsp3) is 0.333. The van der Waals surface area contributed by atoms with E-state index in [9.17, 15) is 8.42 Å². The van der Waals surface area contributed by atoms with E-state index in [4.69, 9.17) is 9.47 Å². The molecular formula is C18H23NO4S. The molecule has 0 bridgehead atoms. The van der Waals surface area contributed by atoms with Crippen LogP contribution in [0.3, 0.4) is 0 Å². The van der Waals surface area contributed by atoms with Crippen LogP contribution in [0.15, 0.2) is 47.4 Å². The minimum absolute atomic E-state index is 0.201. The molecule has 2 aromatic rings. The Morgan fingerprint density at radius 3 is 2.38 bits per heavy atom. The van der Waals surface area contributed by atoms with Gasteiger partial charge in [0.15, 0.2) is 0 Å². The van der Waals surface area contributed by atoms with Crippen LogP contribution in [0.5, 0.6) is 5.75 Å². The number of rotatable bonds is 8. The molecule has 0 aliphatic carbocycles. The number of ether oxygens (including phenoxy) is 2. The van der Waals surface area contributed by atoms with E-state index in [2.05, 4.69) is 4.72 Å². The summed E-state index contributed by atoms with van der Waals surface area (Å²) in [5, 5.41) is 0. The normalized spacial score (nSPS) is 11.3. The number of para-hydroxylation sites is 1. The zero-order valence-electron chi connectivity index (χ0n) is 14.2. The Bertz CT molecular complexity index is 770. The van der Waals surface area contributed by atoms with E-state index >= 15 is 0 Å². The van der Waals surface area contributed by atoms with E-state index in [1.54, 1.807) is 19.2 Å². The van der Waals surface area contributed by atoms with E-state index in [-0.39, 0.29) is 4.90 Å². The van der Waals surface area contributed by atoms with E-state index in [0.717, 1.165) is 17.5 Å². The summed E-state index contributed by atoms with van der Waals surface area (Å²) in [5.41, 5.74) is 2.52. The monoisotopic (exact) mass is 349 g/mol. The van der Waals surface area contributed by atoms with Crippen LogP contribution in [0.2, 0.25) is 0 Å². The predicted molar refractivity (Wildman–Crippen MR) is 95.2 cm³/mol. The third-order valence-corrected chi connectivity index (χ3v) is 5.03. The van der Waals surface area contributed by atoms with E-state index in [1.165, 1.54) is 12.1 Å². The molecule has 0 atom stereocenters. The van der Waals surface area contributed by atoms with Gasteiger partial charge in [-0.25, -0.2) is 8.42 Å². The maximum atomic E-state index is 12.6. The number of aryl methyl sites for hydroxylation is 2. The van der Waals surface area contributed by atoms with Crippen LogP contribution in [-0.4, -0.2) is 28.7 Å². The van der Waals surface area contributed by atoms with Crippen LogP contribution in [0.1, 0.15) is 18.1 Å². The molecule has 0 spiro atoms. The van der Waals surface area contributed by atoms with Gasteiger partial charge in [-0.05, 0) is 48.7 Å². The summed E-state index contributed by atoms with van der Waals surface area (Å²) < 4.78 is 38.3. The van der Waals surface area contributed by atoms with Gasteiger partial charge in [-0.3, -0.25) is 4.72 Å². The first kappa shape index (κ1) is 18.3. The Labute approximate surface area is 143 Å². The van der Waals surface area contributed by atoms with Crippen LogP contribution in [-0.2, 0) is 21.2 Å². The molecule has 6 heteroatoms. The Hall–Kier alpha value is -2.05. The maximum Gasteiger partial charge on any atom is 0.261 e. The summed E-state index contributed by atoms with van der Waals surface area (Å²) in [4.78, 5) is 0.201. The summed E-state index contributed by atoms with van der Waals surface area (Å²) in [6, 6.07) is 12.1. The van der Waals surface area contributed by atoms with Crippen molar-refractivity contribution in [3.05, 3.63) is 53.6 Å². The minimum Gasteiger partial charge on any atom is -0.491 e. The highest BCUT2D eigenvalue weighted by Crippen LogP contribution is 2.25. The average molecular weight is 349 g/mol. The number of methoxy groups -OCH3 is 1. The second-order valence-electron chi connectivity index (χ2n) is 5.38. The number of nitrogens with one attached hydrogen (secondary N) is 1. The lowest BCUT2D eigenvalue weighted by Gasteiger charge is -2.14. The van der Waals surface area contributed by atoms with Gasteiger partial charge in [0.05, 0.1) is 17.2 Å². The third-order valence-electron chi connectivity index (χ3n) is 3.67. The first-order valence-electron chi connectivity index (χ1n) is 7.81. The van der Waals surface area contributed by atoms with Gasteiger partial charge in [0, 0.05) is 7.11 Å². The van der Waals surface area contributed by atoms with Gasteiger partial charge in [0.2, 0.25) is 0 Å². The molecule has 5 nitrogen and oxygen atoms in total. The van der Waals surface area contributed by atoms with Gasteiger partial charge < -0.3 is 9.47 Å². The molecule has 0 aliphatic heterocycles. The topological polar surface area (TPSA) is 64.6 Å². The van der Waals surface area contributed by atoms with E-state index in [1.807, 2.05) is 32.0 Å². The van der Waals surface area contributed by atoms with Crippen molar-refractivity contribution in [1.29, 1.82) is 0 Å². The zero-order valence-corrected chi connectivity index (χ0v) is 15.0. The van der Waals surface area contributed by atoms with Gasteiger partial charge >= 0.3 is 0 Å². The van der Waals surface area contributed by atoms with E-state index in [0.29, 0.717) is 24.7 Å². The van der Waals surface area contributed by atoms with Gasteiger partial charge in [0.25, 0.3) is 10.0 Å². The molecule has 24 heavy (non-hydrogen) atoms. The molecule has 0 heterocycles. The summed E-state index contributed by atoms with van der Waals surface area (Å²) in [5.74, 6) is 0.608. The Kier molecular flexibility index (Phi) is 6.23. The predicted octanol–water partition coefficient (Wildman–Crippen LogP) is 3.38. The van der Waals surface area contributed by atoms with Crippen LogP contribution in [0.25, 0.3) is 0 Å². The Morgan fingerprint density at radius 2 is 1.75 bits per heavy atom. The maximum absolute atomic E-state index is 12.6. The van der Waals surface area contributed by atoms with Crippen molar-refractivity contribution in [3.8, 4) is 5.75 Å². The lowest BCUT2D eigenvalue weighted by Crippen LogP contribution is -2.15. The van der Waals surface area contributed by atoms with Gasteiger partial charge in [-0.2, -0.15) is 0 Å². The second-order valence-corrected chi connectivity index (χ2v) is 7.06. The number of anilines is 1. The molecule has 130 valence electrons. The summed E-state index contributed by atoms with van der Waals surface area (Å²) in [6.07, 6.45) is 0.756. The zero-order chi connectivity index (χ0) is 17.6. The van der Waals surface area contributed by atoms with E-state index < -0.39 is 10.0 Å². The lowest BCUT2D eigenvalue weighted by molar-refractivity contribution is 0.146. The molecular weight excluding hydrogens is 326 g/mol. The fourth-order valence-electron chi connectivity index (χ4n) is 2.32. The number of hydrogen-bond acceptors (Lipinski definition) is 4. The van der Waals surface area contributed by atoms with Crippen molar-refractivity contribution in [1.82, 2.24) is 0 Å². The van der Waals surface area contributed by atoms with Crippen molar-refractivity contribution >= 4 is 15.7 Å². The van der Waals surface area contributed by atoms with Gasteiger partial charge in [-0.15, -0.1) is 0 Å². The highest BCUT2D eigenvalue weighted by atomic mass is 32.2. The summed E-state index contributed by atoms with van der Waals surface area (Å²) in [6.45, 7) is 4.79. The van der Waals surface area contributed by atoms with Crippen LogP contribution < -0.4 is 9.46 Å². The fourth-order valence-corrected chi connectivity index (χ4v) is 3.49. The summed E-state index contributed by atoms with van der Waals surface area (Å²) in [7, 11) is -2.04. The van der Waals surface area contributed by atoms with Crippen molar-refractivity contribution < 1.29 is 17.9 Å². The number of hydrogen-bond donors (Lipinski definition) is 1. The average Bonchev–Trinajstić information content (AvgIpc) is 2.57. The summed E-state index contributed by atoms with van der Waals surface area (Å²) >= 11 is 0. The molecule has 0 fully saturated rings. The number of sulfonamides is 1. The molecule has 0 aromatic heterocycles. The SMILES string of the molecule is CCc1cccc(C)c1NS(=O)(=O)c1ccc(OCCOC)cc1. The Morgan fingerprint density at radius 1 is 1.04 bits per heavy atom. The highest BCUT2D eigenvalue weighted by molar-refractivity contribution is 7.92. The van der Waals surface area contributed by atoms with Crippen LogP contribution >= 0.6 is 0 Å². The van der Waals surface area contributed by atoms with Crippen molar-refractivity contribution in [2.75, 3.05) is 25.0 Å². The largest absolute Gasteiger partial charge is 0.491 e.